The Morgan fingerprint density at radius 3 is 1.53 bits per heavy atom. The molecule has 0 amide bonds. The van der Waals surface area contributed by atoms with E-state index >= 15 is 0 Å². The van der Waals surface area contributed by atoms with E-state index in [1.165, 1.54) is 18.2 Å². The van der Waals surface area contributed by atoms with Crippen LogP contribution in [0.15, 0.2) is 109 Å². The Morgan fingerprint density at radius 1 is 0.700 bits per heavy atom. The van der Waals surface area contributed by atoms with Crippen molar-refractivity contribution >= 4 is 29.1 Å². The van der Waals surface area contributed by atoms with Gasteiger partial charge in [0.1, 0.15) is 35.2 Å². The van der Waals surface area contributed by atoms with Crippen LogP contribution in [0, 0.1) is 5.82 Å². The van der Waals surface area contributed by atoms with Crippen LogP contribution in [0.1, 0.15) is 15.9 Å². The van der Waals surface area contributed by atoms with Gasteiger partial charge in [-0.25, -0.2) is 9.18 Å². The van der Waals surface area contributed by atoms with Gasteiger partial charge in [-0.3, -0.25) is 0 Å². The number of carboxylic acid groups (broad SMARTS) is 1. The summed E-state index contributed by atoms with van der Waals surface area (Å²) in [4.78, 5) is 11.5. The monoisotopic (exact) mass is 415 g/mol. The maximum Gasteiger partial charge on any atom is 0.335 e. The predicted molar refractivity (Wildman–Crippen MR) is 122 cm³/mol. The Labute approximate surface area is 176 Å². The van der Waals surface area contributed by atoms with Crippen LogP contribution in [0.2, 0.25) is 0 Å². The fourth-order valence-corrected chi connectivity index (χ4v) is 8.09. The molecule has 0 radical (unpaired) electrons. The lowest BCUT2D eigenvalue weighted by Gasteiger charge is -2.28. The lowest BCUT2D eigenvalue weighted by atomic mass is 10.1. The average Bonchev–Trinajstić information content (AvgIpc) is 2.80. The summed E-state index contributed by atoms with van der Waals surface area (Å²) in [6, 6.07) is 34.5. The topological polar surface area (TPSA) is 37.3 Å². The molecule has 4 aromatic carbocycles. The van der Waals surface area contributed by atoms with Crippen molar-refractivity contribution in [2.45, 2.75) is 6.16 Å². The van der Waals surface area contributed by atoms with Crippen molar-refractivity contribution in [1.82, 2.24) is 0 Å². The Bertz CT molecular complexity index is 1050. The number of carbonyl (C=O) groups is 1. The Balaban J connectivity index is 2.01. The van der Waals surface area contributed by atoms with Crippen LogP contribution < -0.4 is 15.9 Å². The van der Waals surface area contributed by atoms with Gasteiger partial charge in [0.15, 0.2) is 0 Å². The van der Waals surface area contributed by atoms with Gasteiger partial charge < -0.3 is 5.11 Å². The van der Waals surface area contributed by atoms with Crippen LogP contribution in [0.4, 0.5) is 4.39 Å². The first-order valence-corrected chi connectivity index (χ1v) is 11.7. The molecule has 0 bridgehead atoms. The molecule has 4 heteroatoms. The van der Waals surface area contributed by atoms with E-state index in [4.69, 9.17) is 0 Å². The van der Waals surface area contributed by atoms with Gasteiger partial charge in [-0.1, -0.05) is 54.6 Å². The quantitative estimate of drug-likeness (QED) is 0.449. The first-order chi connectivity index (χ1) is 14.6. The molecule has 30 heavy (non-hydrogen) atoms. The number of halogens is 1. The maximum atomic E-state index is 14.9. The van der Waals surface area contributed by atoms with Gasteiger partial charge in [0.2, 0.25) is 0 Å². The molecule has 0 spiro atoms. The normalized spacial score (nSPS) is 11.2. The van der Waals surface area contributed by atoms with E-state index in [2.05, 4.69) is 36.4 Å². The summed E-state index contributed by atoms with van der Waals surface area (Å²) in [6.07, 6.45) is 0.401. The highest BCUT2D eigenvalue weighted by Crippen LogP contribution is 2.58. The van der Waals surface area contributed by atoms with Crippen LogP contribution in [-0.4, -0.2) is 11.1 Å². The maximum absolute atomic E-state index is 14.9. The van der Waals surface area contributed by atoms with Gasteiger partial charge in [-0.05, 0) is 54.6 Å². The largest absolute Gasteiger partial charge is 0.478 e. The lowest BCUT2D eigenvalue weighted by molar-refractivity contribution is 0.0696. The Morgan fingerprint density at radius 2 is 1.13 bits per heavy atom. The molecule has 4 aromatic rings. The minimum absolute atomic E-state index is 0.0960. The molecule has 0 unspecified atom stereocenters. The standard InChI is InChI=1S/C26H20FO2P/c27-25-17-16-20(26(28)29)18-21(25)19-30(22-10-4-1-5-11-22,23-12-6-2-7-13-23)24-14-8-3-9-15-24/h1-18H,19H2/p+1. The fourth-order valence-electron chi connectivity index (χ4n) is 3.85. The zero-order chi connectivity index (χ0) is 21.0. The van der Waals surface area contributed by atoms with Crippen molar-refractivity contribution in [1.29, 1.82) is 0 Å². The third kappa shape index (κ3) is 3.77. The molecule has 0 saturated carbocycles. The van der Waals surface area contributed by atoms with E-state index in [0.29, 0.717) is 11.7 Å². The molecule has 0 fully saturated rings. The smallest absolute Gasteiger partial charge is 0.335 e. The molecule has 0 heterocycles. The Hall–Kier alpha value is -3.29. The molecule has 0 atom stereocenters. The minimum atomic E-state index is -2.29. The number of aromatic carboxylic acids is 1. The van der Waals surface area contributed by atoms with E-state index in [1.54, 1.807) is 0 Å². The summed E-state index contributed by atoms with van der Waals surface area (Å²) in [5.74, 6) is -1.44. The van der Waals surface area contributed by atoms with Crippen molar-refractivity contribution in [2.24, 2.45) is 0 Å². The lowest BCUT2D eigenvalue weighted by Crippen LogP contribution is -2.32. The zero-order valence-corrected chi connectivity index (χ0v) is 17.2. The van der Waals surface area contributed by atoms with Crippen LogP contribution in [-0.2, 0) is 6.16 Å². The molecule has 0 aliphatic rings. The van der Waals surface area contributed by atoms with Gasteiger partial charge in [-0.15, -0.1) is 0 Å². The predicted octanol–water partition coefficient (Wildman–Crippen LogP) is 5.02. The number of hydrogen-bond donors (Lipinski definition) is 1. The highest BCUT2D eigenvalue weighted by Gasteiger charge is 2.46. The average molecular weight is 415 g/mol. The molecule has 4 rings (SSSR count). The third-order valence-electron chi connectivity index (χ3n) is 5.29. The molecular formula is C26H21FO2P+. The van der Waals surface area contributed by atoms with Gasteiger partial charge in [0.25, 0.3) is 0 Å². The third-order valence-corrected chi connectivity index (χ3v) is 9.65. The molecule has 1 N–H and O–H groups in total. The number of carboxylic acids is 1. The SMILES string of the molecule is O=C(O)c1ccc(F)c(C[P+](c2ccccc2)(c2ccccc2)c2ccccc2)c1. The number of benzene rings is 4. The highest BCUT2D eigenvalue weighted by molar-refractivity contribution is 7.95. The molecular weight excluding hydrogens is 394 g/mol. The van der Waals surface area contributed by atoms with E-state index in [1.807, 2.05) is 54.6 Å². The summed E-state index contributed by atoms with van der Waals surface area (Å²) in [6.45, 7) is 0. The van der Waals surface area contributed by atoms with E-state index in [0.717, 1.165) is 15.9 Å². The summed E-state index contributed by atoms with van der Waals surface area (Å²) >= 11 is 0. The minimum Gasteiger partial charge on any atom is -0.478 e. The van der Waals surface area contributed by atoms with E-state index in [9.17, 15) is 14.3 Å². The highest BCUT2D eigenvalue weighted by atomic mass is 31.2. The van der Waals surface area contributed by atoms with Gasteiger partial charge in [0, 0.05) is 5.56 Å². The van der Waals surface area contributed by atoms with Gasteiger partial charge in [-0.2, -0.15) is 0 Å². The van der Waals surface area contributed by atoms with Gasteiger partial charge in [0.05, 0.1) is 5.56 Å². The second kappa shape index (κ2) is 8.61. The number of hydrogen-bond acceptors (Lipinski definition) is 1. The first kappa shape index (κ1) is 20.0. The molecule has 0 saturated heterocycles. The summed E-state index contributed by atoms with van der Waals surface area (Å²) in [7, 11) is -2.29. The second-order valence-corrected chi connectivity index (χ2v) is 10.6. The van der Waals surface area contributed by atoms with Crippen molar-refractivity contribution in [3.63, 3.8) is 0 Å². The van der Waals surface area contributed by atoms with E-state index in [-0.39, 0.29) is 11.4 Å². The molecule has 2 nitrogen and oxygen atoms in total. The zero-order valence-electron chi connectivity index (χ0n) is 16.3. The van der Waals surface area contributed by atoms with Crippen molar-refractivity contribution in [2.75, 3.05) is 0 Å². The van der Waals surface area contributed by atoms with Crippen LogP contribution in [0.5, 0.6) is 0 Å². The second-order valence-electron chi connectivity index (χ2n) is 7.09. The van der Waals surface area contributed by atoms with Crippen LogP contribution >= 0.6 is 7.26 Å². The van der Waals surface area contributed by atoms with Crippen molar-refractivity contribution in [3.05, 3.63) is 126 Å². The van der Waals surface area contributed by atoms with Crippen molar-refractivity contribution in [3.8, 4) is 0 Å². The van der Waals surface area contributed by atoms with Gasteiger partial charge >= 0.3 is 5.97 Å². The molecule has 0 aliphatic carbocycles. The first-order valence-electron chi connectivity index (χ1n) is 9.68. The summed E-state index contributed by atoms with van der Waals surface area (Å²) < 4.78 is 14.9. The summed E-state index contributed by atoms with van der Waals surface area (Å²) in [5.41, 5.74) is 0.512. The van der Waals surface area contributed by atoms with Crippen LogP contribution in [0.3, 0.4) is 0 Å². The molecule has 0 aliphatic heterocycles. The summed E-state index contributed by atoms with van der Waals surface area (Å²) in [5, 5.41) is 12.8. The fraction of sp³-hybridized carbons (Fsp3) is 0.0385. The number of rotatable bonds is 6. The van der Waals surface area contributed by atoms with Crippen LogP contribution in [0.25, 0.3) is 0 Å². The molecule has 148 valence electrons. The van der Waals surface area contributed by atoms with Crippen molar-refractivity contribution < 1.29 is 14.3 Å². The van der Waals surface area contributed by atoms with E-state index < -0.39 is 13.2 Å². The Kier molecular flexibility index (Phi) is 5.74. The molecule has 0 aromatic heterocycles.